The Hall–Kier alpha value is -0.720. The van der Waals surface area contributed by atoms with E-state index in [1.54, 1.807) is 0 Å². The highest BCUT2D eigenvalue weighted by Gasteiger charge is 2.16. The quantitative estimate of drug-likeness (QED) is 0.686. The van der Waals surface area contributed by atoms with Crippen molar-refractivity contribution < 1.29 is 4.42 Å². The molecular weight excluding hydrogens is 160 g/mol. The lowest BCUT2D eigenvalue weighted by Gasteiger charge is -2.07. The maximum atomic E-state index is 5.79. The minimum atomic E-state index is 0.558. The summed E-state index contributed by atoms with van der Waals surface area (Å²) in [4.78, 5) is 0. The van der Waals surface area contributed by atoms with E-state index in [1.165, 1.54) is 16.9 Å². The molecule has 1 heterocycles. The predicted octanol–water partition coefficient (Wildman–Crippen LogP) is 3.97. The van der Waals surface area contributed by atoms with Crippen molar-refractivity contribution >= 4 is 0 Å². The van der Waals surface area contributed by atoms with Crippen molar-refractivity contribution in [2.24, 2.45) is 0 Å². The first-order valence-corrected chi connectivity index (χ1v) is 5.20. The highest BCUT2D eigenvalue weighted by Crippen LogP contribution is 2.29. The molecule has 0 aliphatic carbocycles. The van der Waals surface area contributed by atoms with Gasteiger partial charge in [0, 0.05) is 5.92 Å². The van der Waals surface area contributed by atoms with E-state index in [-0.39, 0.29) is 0 Å². The monoisotopic (exact) mass is 180 g/mol. The van der Waals surface area contributed by atoms with Gasteiger partial charge >= 0.3 is 0 Å². The van der Waals surface area contributed by atoms with Crippen LogP contribution in [0.2, 0.25) is 0 Å². The molecule has 0 spiro atoms. The maximum Gasteiger partial charge on any atom is 0.110 e. The molecule has 1 aromatic heterocycles. The van der Waals surface area contributed by atoms with Crippen LogP contribution in [0, 0.1) is 13.8 Å². The Bertz CT molecular complexity index is 284. The molecule has 0 aromatic carbocycles. The average molecular weight is 180 g/mol. The van der Waals surface area contributed by atoms with E-state index in [9.17, 15) is 0 Å². The number of hydrogen-bond donors (Lipinski definition) is 0. The molecule has 0 bridgehead atoms. The zero-order valence-corrected chi connectivity index (χ0v) is 9.40. The van der Waals surface area contributed by atoms with Crippen molar-refractivity contribution in [3.05, 3.63) is 22.6 Å². The lowest BCUT2D eigenvalue weighted by atomic mass is 9.98. The van der Waals surface area contributed by atoms with Gasteiger partial charge in [0.2, 0.25) is 0 Å². The van der Waals surface area contributed by atoms with Crippen LogP contribution in [0.3, 0.4) is 0 Å². The van der Waals surface area contributed by atoms with Crippen molar-refractivity contribution in [2.75, 3.05) is 0 Å². The highest BCUT2D eigenvalue weighted by molar-refractivity contribution is 5.33. The normalized spacial score (nSPS) is 13.3. The molecule has 0 saturated carbocycles. The van der Waals surface area contributed by atoms with Gasteiger partial charge in [-0.25, -0.2) is 0 Å². The van der Waals surface area contributed by atoms with E-state index in [4.69, 9.17) is 4.42 Å². The molecule has 0 amide bonds. The number of aryl methyl sites for hydroxylation is 1. The van der Waals surface area contributed by atoms with Gasteiger partial charge in [-0.2, -0.15) is 0 Å². The fourth-order valence-electron chi connectivity index (χ4n) is 1.72. The molecule has 1 nitrogen and oxygen atoms in total. The Morgan fingerprint density at radius 3 is 2.31 bits per heavy atom. The second-order valence-corrected chi connectivity index (χ2v) is 3.79. The second kappa shape index (κ2) is 3.99. The van der Waals surface area contributed by atoms with Crippen molar-refractivity contribution in [3.63, 3.8) is 0 Å². The summed E-state index contributed by atoms with van der Waals surface area (Å²) >= 11 is 0. The van der Waals surface area contributed by atoms with Gasteiger partial charge in [0.25, 0.3) is 0 Å². The summed E-state index contributed by atoms with van der Waals surface area (Å²) in [6, 6.07) is 0. The van der Waals surface area contributed by atoms with Gasteiger partial charge in [-0.1, -0.05) is 20.8 Å². The van der Waals surface area contributed by atoms with E-state index < -0.39 is 0 Å². The predicted molar refractivity (Wildman–Crippen MR) is 56.3 cm³/mol. The fourth-order valence-corrected chi connectivity index (χ4v) is 1.72. The minimum Gasteiger partial charge on any atom is -0.466 e. The number of hydrogen-bond acceptors (Lipinski definition) is 1. The molecule has 74 valence electrons. The lowest BCUT2D eigenvalue weighted by molar-refractivity contribution is 0.444. The number of rotatable bonds is 3. The Labute approximate surface area is 81.1 Å². The van der Waals surface area contributed by atoms with Crippen molar-refractivity contribution in [3.8, 4) is 0 Å². The van der Waals surface area contributed by atoms with Crippen molar-refractivity contribution in [1.29, 1.82) is 0 Å². The molecule has 0 aliphatic heterocycles. The van der Waals surface area contributed by atoms with E-state index in [1.807, 2.05) is 0 Å². The summed E-state index contributed by atoms with van der Waals surface area (Å²) in [7, 11) is 0. The molecule has 1 atom stereocenters. The summed E-state index contributed by atoms with van der Waals surface area (Å²) in [6.45, 7) is 10.8. The summed E-state index contributed by atoms with van der Waals surface area (Å²) in [5.74, 6) is 2.86. The maximum absolute atomic E-state index is 5.79. The Morgan fingerprint density at radius 2 is 1.85 bits per heavy atom. The zero-order valence-electron chi connectivity index (χ0n) is 9.40. The third kappa shape index (κ3) is 1.79. The summed E-state index contributed by atoms with van der Waals surface area (Å²) < 4.78 is 5.79. The average Bonchev–Trinajstić information content (AvgIpc) is 2.42. The van der Waals surface area contributed by atoms with Gasteiger partial charge < -0.3 is 4.42 Å². The number of furan rings is 1. The van der Waals surface area contributed by atoms with Crippen LogP contribution in [0.4, 0.5) is 0 Å². The zero-order chi connectivity index (χ0) is 10.0. The largest absolute Gasteiger partial charge is 0.466 e. The lowest BCUT2D eigenvalue weighted by Crippen LogP contribution is -1.94. The first-order valence-electron chi connectivity index (χ1n) is 5.20. The second-order valence-electron chi connectivity index (χ2n) is 3.79. The summed E-state index contributed by atoms with van der Waals surface area (Å²) in [5.41, 5.74) is 2.77. The molecule has 0 saturated heterocycles. The Morgan fingerprint density at radius 1 is 1.23 bits per heavy atom. The first-order chi connectivity index (χ1) is 6.11. The summed E-state index contributed by atoms with van der Waals surface area (Å²) in [6.07, 6.45) is 2.24. The molecule has 1 rings (SSSR count). The molecule has 0 aliphatic rings. The van der Waals surface area contributed by atoms with Crippen LogP contribution in [0.25, 0.3) is 0 Å². The van der Waals surface area contributed by atoms with Gasteiger partial charge in [0.15, 0.2) is 0 Å². The van der Waals surface area contributed by atoms with E-state index in [2.05, 4.69) is 34.6 Å². The van der Waals surface area contributed by atoms with Crippen LogP contribution >= 0.6 is 0 Å². The van der Waals surface area contributed by atoms with Gasteiger partial charge in [-0.3, -0.25) is 0 Å². The van der Waals surface area contributed by atoms with Crippen molar-refractivity contribution in [2.45, 2.75) is 53.4 Å². The van der Waals surface area contributed by atoms with Gasteiger partial charge in [-0.15, -0.1) is 0 Å². The van der Waals surface area contributed by atoms with E-state index >= 15 is 0 Å². The van der Waals surface area contributed by atoms with Crippen LogP contribution in [-0.4, -0.2) is 0 Å². The SMILES string of the molecule is CCc1c(C(C)CC)oc(C)c1C. The molecule has 13 heavy (non-hydrogen) atoms. The van der Waals surface area contributed by atoms with E-state index in [0.29, 0.717) is 5.92 Å². The Kier molecular flexibility index (Phi) is 3.18. The van der Waals surface area contributed by atoms with Crippen LogP contribution < -0.4 is 0 Å². The molecule has 1 unspecified atom stereocenters. The van der Waals surface area contributed by atoms with Gasteiger partial charge in [0.1, 0.15) is 11.5 Å². The minimum absolute atomic E-state index is 0.558. The molecule has 0 N–H and O–H groups in total. The van der Waals surface area contributed by atoms with Crippen LogP contribution in [-0.2, 0) is 6.42 Å². The molecule has 0 fully saturated rings. The van der Waals surface area contributed by atoms with Gasteiger partial charge in [0.05, 0.1) is 0 Å². The third-order valence-electron chi connectivity index (χ3n) is 2.95. The first kappa shape index (κ1) is 10.4. The molecular formula is C12H20O. The standard InChI is InChI=1S/C12H20O/c1-6-8(3)12-11(7-2)9(4)10(5)13-12/h8H,6-7H2,1-5H3. The highest BCUT2D eigenvalue weighted by atomic mass is 16.3. The Balaban J connectivity index is 3.13. The topological polar surface area (TPSA) is 13.1 Å². The third-order valence-corrected chi connectivity index (χ3v) is 2.95. The molecule has 1 aromatic rings. The molecule has 0 radical (unpaired) electrons. The smallest absolute Gasteiger partial charge is 0.110 e. The van der Waals surface area contributed by atoms with Crippen LogP contribution in [0.1, 0.15) is 55.8 Å². The van der Waals surface area contributed by atoms with Gasteiger partial charge in [-0.05, 0) is 37.8 Å². The summed E-state index contributed by atoms with van der Waals surface area (Å²) in [5, 5.41) is 0. The van der Waals surface area contributed by atoms with Crippen LogP contribution in [0.15, 0.2) is 4.42 Å². The van der Waals surface area contributed by atoms with Crippen LogP contribution in [0.5, 0.6) is 0 Å². The van der Waals surface area contributed by atoms with Crippen molar-refractivity contribution in [1.82, 2.24) is 0 Å². The van der Waals surface area contributed by atoms with E-state index in [0.717, 1.165) is 18.6 Å². The fraction of sp³-hybridized carbons (Fsp3) is 0.667. The molecule has 1 heteroatoms.